The van der Waals surface area contributed by atoms with Gasteiger partial charge in [0.25, 0.3) is 0 Å². The molecule has 0 aliphatic heterocycles. The van der Waals surface area contributed by atoms with E-state index in [1.165, 1.54) is 17.9 Å². The first-order chi connectivity index (χ1) is 12.8. The number of rotatable bonds is 5. The molecule has 3 aromatic rings. The van der Waals surface area contributed by atoms with Crippen molar-refractivity contribution < 1.29 is 22.6 Å². The summed E-state index contributed by atoms with van der Waals surface area (Å²) in [5, 5.41) is 6.97. The highest BCUT2D eigenvalue weighted by Gasteiger charge is 2.31. The molecule has 0 fully saturated rings. The van der Waals surface area contributed by atoms with Gasteiger partial charge in [0.2, 0.25) is 11.9 Å². The summed E-state index contributed by atoms with van der Waals surface area (Å²) in [4.78, 5) is 8.25. The lowest BCUT2D eigenvalue weighted by molar-refractivity contribution is -0.274. The SMILES string of the molecule is COc1ccc(OC(F)(F)F)cc1Nc1nc(N)n(-c2ncccc2I)n1. The van der Waals surface area contributed by atoms with Gasteiger partial charge in [-0.05, 0) is 46.9 Å². The van der Waals surface area contributed by atoms with Gasteiger partial charge in [0, 0.05) is 12.3 Å². The van der Waals surface area contributed by atoms with E-state index in [2.05, 4.69) is 47.7 Å². The van der Waals surface area contributed by atoms with Gasteiger partial charge in [-0.25, -0.2) is 4.98 Å². The molecule has 8 nitrogen and oxygen atoms in total. The Bertz CT molecular complexity index is 963. The zero-order chi connectivity index (χ0) is 19.6. The topological polar surface area (TPSA) is 100 Å². The van der Waals surface area contributed by atoms with Gasteiger partial charge in [-0.2, -0.15) is 9.67 Å². The number of anilines is 3. The summed E-state index contributed by atoms with van der Waals surface area (Å²) in [5.74, 6) is 0.425. The lowest BCUT2D eigenvalue weighted by Crippen LogP contribution is -2.17. The fourth-order valence-corrected chi connectivity index (χ4v) is 2.74. The van der Waals surface area contributed by atoms with Gasteiger partial charge in [-0.3, -0.25) is 0 Å². The Morgan fingerprint density at radius 2 is 2.04 bits per heavy atom. The highest BCUT2D eigenvalue weighted by Crippen LogP contribution is 2.33. The average Bonchev–Trinajstić information content (AvgIpc) is 2.94. The number of methoxy groups -OCH3 is 1. The Kier molecular flexibility index (Phi) is 5.25. The number of benzene rings is 1. The number of nitrogens with two attached hydrogens (primary N) is 1. The van der Waals surface area contributed by atoms with Crippen LogP contribution in [0, 0.1) is 3.57 Å². The van der Waals surface area contributed by atoms with E-state index in [0.29, 0.717) is 5.82 Å². The van der Waals surface area contributed by atoms with Crippen LogP contribution >= 0.6 is 22.6 Å². The summed E-state index contributed by atoms with van der Waals surface area (Å²) in [6.45, 7) is 0. The number of ether oxygens (including phenoxy) is 2. The number of halogens is 4. The standard InChI is InChI=1S/C15H12F3IN6O2/c1-26-11-5-4-8(27-15(16,17)18)7-10(11)22-14-23-13(20)25(24-14)12-9(19)3-2-6-21-12/h2-7H,1H3,(H3,20,22,23,24). The first-order valence-electron chi connectivity index (χ1n) is 7.31. The maximum atomic E-state index is 12.4. The van der Waals surface area contributed by atoms with Gasteiger partial charge in [0.1, 0.15) is 11.5 Å². The second-order valence-corrected chi connectivity index (χ2v) is 6.21. The van der Waals surface area contributed by atoms with Crippen molar-refractivity contribution in [3.63, 3.8) is 0 Å². The van der Waals surface area contributed by atoms with Crippen LogP contribution in [0.1, 0.15) is 0 Å². The molecule has 0 atom stereocenters. The fraction of sp³-hybridized carbons (Fsp3) is 0.133. The predicted octanol–water partition coefficient (Wildman–Crippen LogP) is 3.50. The largest absolute Gasteiger partial charge is 0.573 e. The molecule has 1 aromatic carbocycles. The number of alkyl halides is 3. The Labute approximate surface area is 164 Å². The van der Waals surface area contributed by atoms with Crippen LogP contribution in [-0.2, 0) is 0 Å². The van der Waals surface area contributed by atoms with E-state index in [1.54, 1.807) is 12.3 Å². The number of hydrogen-bond acceptors (Lipinski definition) is 7. The molecule has 0 saturated heterocycles. The van der Waals surface area contributed by atoms with E-state index in [4.69, 9.17) is 10.5 Å². The van der Waals surface area contributed by atoms with Crippen LogP contribution in [0.3, 0.4) is 0 Å². The minimum Gasteiger partial charge on any atom is -0.495 e. The number of nitrogen functional groups attached to an aromatic ring is 1. The third-order valence-electron chi connectivity index (χ3n) is 3.22. The molecule has 0 radical (unpaired) electrons. The molecule has 0 bridgehead atoms. The van der Waals surface area contributed by atoms with Crippen LogP contribution in [0.15, 0.2) is 36.5 Å². The molecule has 142 valence electrons. The first kappa shape index (κ1) is 19.0. The summed E-state index contributed by atoms with van der Waals surface area (Å²) in [6.07, 6.45) is -3.24. The maximum absolute atomic E-state index is 12.4. The van der Waals surface area contributed by atoms with Crippen LogP contribution in [-0.4, -0.2) is 33.2 Å². The van der Waals surface area contributed by atoms with Crippen molar-refractivity contribution in [1.82, 2.24) is 19.7 Å². The molecule has 0 aliphatic carbocycles. The van der Waals surface area contributed by atoms with Crippen LogP contribution < -0.4 is 20.5 Å². The lowest BCUT2D eigenvalue weighted by Gasteiger charge is -2.13. The molecule has 27 heavy (non-hydrogen) atoms. The molecule has 0 aliphatic rings. The molecule has 0 saturated carbocycles. The van der Waals surface area contributed by atoms with Crippen molar-refractivity contribution in [2.75, 3.05) is 18.2 Å². The van der Waals surface area contributed by atoms with Crippen molar-refractivity contribution in [1.29, 1.82) is 0 Å². The summed E-state index contributed by atoms with van der Waals surface area (Å²) in [7, 11) is 1.38. The molecular formula is C15H12F3IN6O2. The molecule has 0 spiro atoms. The van der Waals surface area contributed by atoms with Crippen molar-refractivity contribution in [3.05, 3.63) is 40.1 Å². The molecule has 12 heteroatoms. The van der Waals surface area contributed by atoms with Crippen molar-refractivity contribution >= 4 is 40.2 Å². The van der Waals surface area contributed by atoms with E-state index in [9.17, 15) is 13.2 Å². The minimum absolute atomic E-state index is 0.0516. The smallest absolute Gasteiger partial charge is 0.495 e. The second kappa shape index (κ2) is 7.46. The summed E-state index contributed by atoms with van der Waals surface area (Å²) in [6, 6.07) is 7.15. The molecule has 3 rings (SSSR count). The third kappa shape index (κ3) is 4.50. The van der Waals surface area contributed by atoms with E-state index < -0.39 is 12.1 Å². The van der Waals surface area contributed by atoms with Gasteiger partial charge >= 0.3 is 6.36 Å². The van der Waals surface area contributed by atoms with Gasteiger partial charge < -0.3 is 20.5 Å². The van der Waals surface area contributed by atoms with E-state index in [-0.39, 0.29) is 23.3 Å². The van der Waals surface area contributed by atoms with Gasteiger partial charge in [0.15, 0.2) is 5.82 Å². The Balaban J connectivity index is 1.92. The van der Waals surface area contributed by atoms with Crippen molar-refractivity contribution in [2.45, 2.75) is 6.36 Å². The fourth-order valence-electron chi connectivity index (χ4n) is 2.17. The van der Waals surface area contributed by atoms with Gasteiger partial charge in [0.05, 0.1) is 16.4 Å². The number of nitrogens with one attached hydrogen (secondary N) is 1. The quantitative estimate of drug-likeness (QED) is 0.526. The molecular weight excluding hydrogens is 480 g/mol. The van der Waals surface area contributed by atoms with Crippen LogP contribution in [0.5, 0.6) is 11.5 Å². The van der Waals surface area contributed by atoms with E-state index in [0.717, 1.165) is 15.7 Å². The first-order valence-corrected chi connectivity index (χ1v) is 8.39. The zero-order valence-electron chi connectivity index (χ0n) is 13.7. The molecule has 0 amide bonds. The monoisotopic (exact) mass is 492 g/mol. The zero-order valence-corrected chi connectivity index (χ0v) is 15.8. The van der Waals surface area contributed by atoms with Gasteiger partial charge in [-0.1, -0.05) is 0 Å². The second-order valence-electron chi connectivity index (χ2n) is 5.05. The molecule has 2 aromatic heterocycles. The molecule has 0 unspecified atom stereocenters. The van der Waals surface area contributed by atoms with E-state index in [1.807, 2.05) is 6.07 Å². The summed E-state index contributed by atoms with van der Waals surface area (Å²) in [5.41, 5.74) is 6.05. The Morgan fingerprint density at radius 1 is 1.26 bits per heavy atom. The van der Waals surface area contributed by atoms with Crippen molar-refractivity contribution in [3.8, 4) is 17.3 Å². The molecule has 3 N–H and O–H groups in total. The van der Waals surface area contributed by atoms with E-state index >= 15 is 0 Å². The Hall–Kier alpha value is -2.77. The summed E-state index contributed by atoms with van der Waals surface area (Å²) < 4.78 is 48.5. The highest BCUT2D eigenvalue weighted by molar-refractivity contribution is 14.1. The predicted molar refractivity (Wildman–Crippen MR) is 99.2 cm³/mol. The number of nitrogens with zero attached hydrogens (tertiary/aromatic N) is 4. The van der Waals surface area contributed by atoms with Crippen LogP contribution in [0.25, 0.3) is 5.82 Å². The maximum Gasteiger partial charge on any atom is 0.573 e. The minimum atomic E-state index is -4.81. The van der Waals surface area contributed by atoms with Gasteiger partial charge in [-0.15, -0.1) is 18.3 Å². The summed E-state index contributed by atoms with van der Waals surface area (Å²) >= 11 is 2.07. The highest BCUT2D eigenvalue weighted by atomic mass is 127. The average molecular weight is 492 g/mol. The lowest BCUT2D eigenvalue weighted by atomic mass is 10.2. The Morgan fingerprint density at radius 3 is 2.70 bits per heavy atom. The molecule has 2 heterocycles. The number of aromatic nitrogens is 4. The number of hydrogen-bond donors (Lipinski definition) is 2. The van der Waals surface area contributed by atoms with Crippen molar-refractivity contribution in [2.24, 2.45) is 0 Å². The van der Waals surface area contributed by atoms with Crippen LogP contribution in [0.4, 0.5) is 30.8 Å². The number of pyridine rings is 1. The third-order valence-corrected chi connectivity index (χ3v) is 4.06. The van der Waals surface area contributed by atoms with Crippen LogP contribution in [0.2, 0.25) is 0 Å². The normalized spacial score (nSPS) is 11.3.